The Hall–Kier alpha value is -2.03. The van der Waals surface area contributed by atoms with E-state index in [2.05, 4.69) is 15.0 Å². The number of aromatic nitrogens is 2. The van der Waals surface area contributed by atoms with Gasteiger partial charge in [0.05, 0.1) is 5.69 Å². The molecule has 2 heterocycles. The molecule has 0 bridgehead atoms. The average molecular weight is 183 g/mol. The summed E-state index contributed by atoms with van der Waals surface area (Å²) in [6.45, 7) is 0. The first-order valence-corrected chi connectivity index (χ1v) is 4.29. The highest BCUT2D eigenvalue weighted by Crippen LogP contribution is 2.07. The Morgan fingerprint density at radius 3 is 2.07 bits per heavy atom. The molecule has 3 nitrogen and oxygen atoms in total. The molecule has 0 spiro atoms. The van der Waals surface area contributed by atoms with E-state index < -0.39 is 0 Å². The number of aliphatic imine (C=N–C) groups is 1. The highest BCUT2D eigenvalue weighted by atomic mass is 14.7. The Labute approximate surface area is 82.2 Å². The lowest BCUT2D eigenvalue weighted by atomic mass is 10.3. The van der Waals surface area contributed by atoms with Crippen molar-refractivity contribution in [1.82, 2.24) is 9.97 Å². The van der Waals surface area contributed by atoms with Crippen LogP contribution in [0, 0.1) is 0 Å². The monoisotopic (exact) mass is 183 g/mol. The molecule has 14 heavy (non-hydrogen) atoms. The molecule has 0 aliphatic carbocycles. The molecule has 0 aliphatic rings. The van der Waals surface area contributed by atoms with Crippen LogP contribution in [-0.2, 0) is 0 Å². The first-order valence-electron chi connectivity index (χ1n) is 4.29. The number of nitrogens with zero attached hydrogens (tertiary/aromatic N) is 3. The fourth-order valence-electron chi connectivity index (χ4n) is 1.03. The quantitative estimate of drug-likeness (QED) is 0.669. The van der Waals surface area contributed by atoms with Crippen LogP contribution in [0.2, 0.25) is 0 Å². The molecule has 0 saturated carbocycles. The summed E-state index contributed by atoms with van der Waals surface area (Å²) in [5.41, 5.74) is 1.94. The molecule has 0 saturated heterocycles. The Kier molecular flexibility index (Phi) is 2.62. The van der Waals surface area contributed by atoms with Gasteiger partial charge in [0.2, 0.25) is 0 Å². The molecular formula is C11H9N3. The molecule has 2 aromatic heterocycles. The Morgan fingerprint density at radius 2 is 1.43 bits per heavy atom. The molecule has 0 N–H and O–H groups in total. The molecule has 0 fully saturated rings. The van der Waals surface area contributed by atoms with E-state index in [1.807, 2.05) is 24.3 Å². The minimum absolute atomic E-state index is 0.900. The van der Waals surface area contributed by atoms with Gasteiger partial charge in [-0.25, -0.2) is 0 Å². The molecule has 0 amide bonds. The van der Waals surface area contributed by atoms with Gasteiger partial charge in [-0.05, 0) is 29.8 Å². The maximum Gasteiger partial charge on any atom is 0.0660 e. The van der Waals surface area contributed by atoms with Crippen LogP contribution in [0.3, 0.4) is 0 Å². The second-order valence-electron chi connectivity index (χ2n) is 2.74. The maximum atomic E-state index is 4.28. The van der Waals surface area contributed by atoms with Gasteiger partial charge in [-0.3, -0.25) is 15.0 Å². The van der Waals surface area contributed by atoms with E-state index in [1.165, 1.54) is 0 Å². The van der Waals surface area contributed by atoms with Gasteiger partial charge in [-0.15, -0.1) is 0 Å². The summed E-state index contributed by atoms with van der Waals surface area (Å²) in [6.07, 6.45) is 8.73. The zero-order valence-electron chi connectivity index (χ0n) is 7.54. The zero-order valence-corrected chi connectivity index (χ0v) is 7.54. The lowest BCUT2D eigenvalue weighted by Gasteiger charge is -1.91. The van der Waals surface area contributed by atoms with Gasteiger partial charge in [0.1, 0.15) is 0 Å². The van der Waals surface area contributed by atoms with Crippen molar-refractivity contribution in [3.05, 3.63) is 54.6 Å². The molecule has 2 rings (SSSR count). The predicted octanol–water partition coefficient (Wildman–Crippen LogP) is 2.23. The lowest BCUT2D eigenvalue weighted by Crippen LogP contribution is -1.79. The van der Waals surface area contributed by atoms with E-state index in [0.29, 0.717) is 0 Å². The summed E-state index contributed by atoms with van der Waals surface area (Å²) in [6, 6.07) is 7.53. The van der Waals surface area contributed by atoms with Gasteiger partial charge in [0.15, 0.2) is 0 Å². The highest BCUT2D eigenvalue weighted by molar-refractivity contribution is 5.81. The van der Waals surface area contributed by atoms with Crippen molar-refractivity contribution in [2.45, 2.75) is 0 Å². The number of hydrogen-bond acceptors (Lipinski definition) is 3. The summed E-state index contributed by atoms with van der Waals surface area (Å²) in [4.78, 5) is 12.1. The molecule has 0 aliphatic heterocycles. The topological polar surface area (TPSA) is 38.1 Å². The van der Waals surface area contributed by atoms with E-state index in [-0.39, 0.29) is 0 Å². The summed E-state index contributed by atoms with van der Waals surface area (Å²) in [5, 5.41) is 0. The maximum absolute atomic E-state index is 4.28. The van der Waals surface area contributed by atoms with E-state index >= 15 is 0 Å². The molecule has 0 atom stereocenters. The fourth-order valence-corrected chi connectivity index (χ4v) is 1.03. The molecule has 0 unspecified atom stereocenters. The first kappa shape index (κ1) is 8.56. The highest BCUT2D eigenvalue weighted by Gasteiger charge is 1.86. The van der Waals surface area contributed by atoms with Crippen molar-refractivity contribution in [3.63, 3.8) is 0 Å². The number of rotatable bonds is 2. The zero-order chi connectivity index (χ0) is 9.64. The summed E-state index contributed by atoms with van der Waals surface area (Å²) < 4.78 is 0. The van der Waals surface area contributed by atoms with E-state index in [4.69, 9.17) is 0 Å². The standard InChI is InChI=1S/C11H9N3/c1-5-12-6-2-10(1)9-14-11-3-7-13-8-4-11/h1-9H/b14-9+. The lowest BCUT2D eigenvalue weighted by molar-refractivity contribution is 1.31. The number of hydrogen-bond donors (Lipinski definition) is 0. The Balaban J connectivity index is 2.16. The molecule has 0 radical (unpaired) electrons. The van der Waals surface area contributed by atoms with Crippen molar-refractivity contribution in [3.8, 4) is 0 Å². The van der Waals surface area contributed by atoms with E-state index in [9.17, 15) is 0 Å². The van der Waals surface area contributed by atoms with Crippen LogP contribution in [0.5, 0.6) is 0 Å². The van der Waals surface area contributed by atoms with E-state index in [1.54, 1.807) is 31.0 Å². The average Bonchev–Trinajstić information content (AvgIpc) is 2.29. The van der Waals surface area contributed by atoms with Crippen LogP contribution >= 0.6 is 0 Å². The normalized spacial score (nSPS) is 10.6. The summed E-state index contributed by atoms with van der Waals surface area (Å²) in [5.74, 6) is 0. The van der Waals surface area contributed by atoms with Crippen LogP contribution in [0.1, 0.15) is 5.56 Å². The molecule has 2 aromatic rings. The van der Waals surface area contributed by atoms with Crippen molar-refractivity contribution >= 4 is 11.9 Å². The fraction of sp³-hybridized carbons (Fsp3) is 0. The van der Waals surface area contributed by atoms with Crippen LogP contribution in [0.4, 0.5) is 5.69 Å². The summed E-state index contributed by atoms with van der Waals surface area (Å²) >= 11 is 0. The van der Waals surface area contributed by atoms with Crippen LogP contribution in [0.25, 0.3) is 0 Å². The van der Waals surface area contributed by atoms with Crippen LogP contribution < -0.4 is 0 Å². The van der Waals surface area contributed by atoms with Gasteiger partial charge >= 0.3 is 0 Å². The van der Waals surface area contributed by atoms with Crippen molar-refractivity contribution in [2.24, 2.45) is 4.99 Å². The Bertz CT molecular complexity index is 368. The van der Waals surface area contributed by atoms with Crippen molar-refractivity contribution in [2.75, 3.05) is 0 Å². The largest absolute Gasteiger partial charge is 0.265 e. The molecular weight excluding hydrogens is 174 g/mol. The molecule has 3 heteroatoms. The second kappa shape index (κ2) is 4.28. The minimum atomic E-state index is 0.900. The third-order valence-corrected chi connectivity index (χ3v) is 1.73. The van der Waals surface area contributed by atoms with Gasteiger partial charge in [-0.2, -0.15) is 0 Å². The Morgan fingerprint density at radius 1 is 0.857 bits per heavy atom. The number of pyridine rings is 2. The first-order chi connectivity index (χ1) is 6.95. The van der Waals surface area contributed by atoms with Gasteiger partial charge in [-0.1, -0.05) is 0 Å². The summed E-state index contributed by atoms with van der Waals surface area (Å²) in [7, 11) is 0. The van der Waals surface area contributed by atoms with Gasteiger partial charge in [0.25, 0.3) is 0 Å². The van der Waals surface area contributed by atoms with Crippen molar-refractivity contribution in [1.29, 1.82) is 0 Å². The predicted molar refractivity (Wildman–Crippen MR) is 55.7 cm³/mol. The van der Waals surface area contributed by atoms with Gasteiger partial charge in [0, 0.05) is 31.0 Å². The molecule has 68 valence electrons. The van der Waals surface area contributed by atoms with E-state index in [0.717, 1.165) is 11.3 Å². The van der Waals surface area contributed by atoms with Gasteiger partial charge < -0.3 is 0 Å². The smallest absolute Gasteiger partial charge is 0.0660 e. The van der Waals surface area contributed by atoms with Crippen LogP contribution in [0.15, 0.2) is 54.0 Å². The van der Waals surface area contributed by atoms with Crippen LogP contribution in [-0.4, -0.2) is 16.2 Å². The second-order valence-corrected chi connectivity index (χ2v) is 2.74. The molecule has 0 aromatic carbocycles. The van der Waals surface area contributed by atoms with Crippen molar-refractivity contribution < 1.29 is 0 Å². The minimum Gasteiger partial charge on any atom is -0.265 e. The third-order valence-electron chi connectivity index (χ3n) is 1.73. The third kappa shape index (κ3) is 2.23. The SMILES string of the molecule is C(=N\c1ccncc1)/c1ccncc1.